The Balaban J connectivity index is 1.84. The molecular weight excluding hydrogens is 271 g/mol. The minimum atomic E-state index is -0.555. The summed E-state index contributed by atoms with van der Waals surface area (Å²) in [5.74, 6) is -0.756. The molecule has 1 fully saturated rings. The molecule has 2 amide bonds. The number of amides is 2. The quantitative estimate of drug-likeness (QED) is 0.917. The van der Waals surface area contributed by atoms with Crippen molar-refractivity contribution in [3.63, 3.8) is 0 Å². The Kier molecular flexibility index (Phi) is 4.37. The zero-order chi connectivity index (χ0) is 13.8. The molecule has 4 nitrogen and oxygen atoms in total. The summed E-state index contributed by atoms with van der Waals surface area (Å²) in [5, 5.41) is 2.60. The van der Waals surface area contributed by atoms with E-state index in [4.69, 9.17) is 11.6 Å². The average Bonchev–Trinajstić information content (AvgIpc) is 2.78. The normalized spacial score (nSPS) is 14.8. The molecule has 1 aliphatic heterocycles. The van der Waals surface area contributed by atoms with Crippen LogP contribution in [-0.2, 0) is 4.79 Å². The van der Waals surface area contributed by atoms with Crippen molar-refractivity contribution in [2.75, 3.05) is 19.6 Å². The summed E-state index contributed by atoms with van der Waals surface area (Å²) in [5.41, 5.74) is 0.305. The molecule has 102 valence electrons. The first kappa shape index (κ1) is 13.8. The molecule has 0 atom stereocenters. The second-order valence-corrected chi connectivity index (χ2v) is 4.78. The van der Waals surface area contributed by atoms with Crippen LogP contribution >= 0.6 is 11.6 Å². The first-order valence-corrected chi connectivity index (χ1v) is 6.47. The van der Waals surface area contributed by atoms with Crippen molar-refractivity contribution in [3.8, 4) is 0 Å². The Morgan fingerprint density at radius 3 is 2.89 bits per heavy atom. The van der Waals surface area contributed by atoms with Crippen LogP contribution in [0.4, 0.5) is 4.39 Å². The maximum atomic E-state index is 13.0. The van der Waals surface area contributed by atoms with Gasteiger partial charge in [-0.2, -0.15) is 0 Å². The number of carbonyl (C=O) groups is 2. The molecule has 0 radical (unpaired) electrons. The largest absolute Gasteiger partial charge is 0.350 e. The molecule has 1 aromatic carbocycles. The van der Waals surface area contributed by atoms with Gasteiger partial charge in [0.2, 0.25) is 5.91 Å². The van der Waals surface area contributed by atoms with Crippen molar-refractivity contribution in [3.05, 3.63) is 34.6 Å². The molecule has 0 unspecified atom stereocenters. The number of rotatable bonds is 4. The average molecular weight is 285 g/mol. The number of carbonyl (C=O) groups excluding carboxylic acids is 2. The molecule has 1 saturated heterocycles. The maximum absolute atomic E-state index is 13.0. The second kappa shape index (κ2) is 6.02. The number of hydrogen-bond acceptors (Lipinski definition) is 2. The number of likely N-dealkylation sites (tertiary alicyclic amines) is 1. The molecule has 0 saturated carbocycles. The highest BCUT2D eigenvalue weighted by Crippen LogP contribution is 2.15. The van der Waals surface area contributed by atoms with E-state index >= 15 is 0 Å². The second-order valence-electron chi connectivity index (χ2n) is 4.37. The summed E-state index contributed by atoms with van der Waals surface area (Å²) in [6.45, 7) is 1.62. The van der Waals surface area contributed by atoms with Gasteiger partial charge >= 0.3 is 0 Å². The molecule has 1 aromatic rings. The number of halogens is 2. The van der Waals surface area contributed by atoms with Crippen LogP contribution in [0.15, 0.2) is 18.2 Å². The smallest absolute Gasteiger partial charge is 0.251 e. The highest BCUT2D eigenvalue weighted by molar-refractivity contribution is 6.31. The highest BCUT2D eigenvalue weighted by atomic mass is 35.5. The van der Waals surface area contributed by atoms with Crippen molar-refractivity contribution in [2.45, 2.75) is 12.8 Å². The first-order valence-electron chi connectivity index (χ1n) is 6.09. The summed E-state index contributed by atoms with van der Waals surface area (Å²) >= 11 is 5.61. The van der Waals surface area contributed by atoms with E-state index in [0.29, 0.717) is 25.1 Å². The van der Waals surface area contributed by atoms with E-state index in [-0.39, 0.29) is 16.8 Å². The minimum absolute atomic E-state index is 0.0811. The van der Waals surface area contributed by atoms with E-state index in [1.54, 1.807) is 4.90 Å². The standard InChI is InChI=1S/C13H14ClFN2O2/c14-10-8-9(3-4-11(10)15)13(19)16-5-7-17-6-1-2-12(17)18/h3-4,8H,1-2,5-7H2,(H,16,19). The number of nitrogens with zero attached hydrogens (tertiary/aromatic N) is 1. The summed E-state index contributed by atoms with van der Waals surface area (Å²) in [6, 6.07) is 3.81. The predicted octanol–water partition coefficient (Wildman–Crippen LogP) is 1.83. The fraction of sp³-hybridized carbons (Fsp3) is 0.385. The van der Waals surface area contributed by atoms with Gasteiger partial charge in [-0.1, -0.05) is 11.6 Å². The third-order valence-corrected chi connectivity index (χ3v) is 3.31. The summed E-state index contributed by atoms with van der Waals surface area (Å²) in [4.78, 5) is 24.8. The van der Waals surface area contributed by atoms with Gasteiger partial charge in [0.25, 0.3) is 5.91 Å². The van der Waals surface area contributed by atoms with Gasteiger partial charge < -0.3 is 10.2 Å². The number of hydrogen-bond donors (Lipinski definition) is 1. The number of nitrogens with one attached hydrogen (secondary N) is 1. The van der Waals surface area contributed by atoms with Crippen molar-refractivity contribution >= 4 is 23.4 Å². The number of benzene rings is 1. The van der Waals surface area contributed by atoms with Crippen molar-refractivity contribution < 1.29 is 14.0 Å². The Hall–Kier alpha value is -1.62. The predicted molar refractivity (Wildman–Crippen MR) is 69.6 cm³/mol. The van der Waals surface area contributed by atoms with E-state index in [1.807, 2.05) is 0 Å². The zero-order valence-electron chi connectivity index (χ0n) is 10.3. The van der Waals surface area contributed by atoms with Gasteiger partial charge in [-0.05, 0) is 24.6 Å². The van der Waals surface area contributed by atoms with Crippen molar-refractivity contribution in [1.29, 1.82) is 0 Å². The third-order valence-electron chi connectivity index (χ3n) is 3.02. The van der Waals surface area contributed by atoms with E-state index in [0.717, 1.165) is 19.0 Å². The lowest BCUT2D eigenvalue weighted by molar-refractivity contribution is -0.127. The molecule has 0 aromatic heterocycles. The highest BCUT2D eigenvalue weighted by Gasteiger charge is 2.19. The topological polar surface area (TPSA) is 49.4 Å². The van der Waals surface area contributed by atoms with Gasteiger partial charge in [-0.15, -0.1) is 0 Å². The van der Waals surface area contributed by atoms with Crippen LogP contribution in [-0.4, -0.2) is 36.3 Å². The van der Waals surface area contributed by atoms with E-state index in [2.05, 4.69) is 5.32 Å². The fourth-order valence-electron chi connectivity index (χ4n) is 1.98. The Bertz CT molecular complexity index is 507. The van der Waals surface area contributed by atoms with Crippen LogP contribution in [0.2, 0.25) is 5.02 Å². The molecule has 0 bridgehead atoms. The van der Waals surface area contributed by atoms with Crippen LogP contribution < -0.4 is 5.32 Å². The van der Waals surface area contributed by atoms with E-state index in [9.17, 15) is 14.0 Å². The monoisotopic (exact) mass is 284 g/mol. The van der Waals surface area contributed by atoms with Gasteiger partial charge in [-0.25, -0.2) is 4.39 Å². The Morgan fingerprint density at radius 2 is 2.26 bits per heavy atom. The molecule has 0 spiro atoms. The summed E-state index contributed by atoms with van der Waals surface area (Å²) < 4.78 is 13.0. The fourth-order valence-corrected chi connectivity index (χ4v) is 2.16. The van der Waals surface area contributed by atoms with E-state index in [1.165, 1.54) is 12.1 Å². The molecular formula is C13H14ClFN2O2. The van der Waals surface area contributed by atoms with Gasteiger partial charge in [0.15, 0.2) is 0 Å². The lowest BCUT2D eigenvalue weighted by Crippen LogP contribution is -2.35. The van der Waals surface area contributed by atoms with Gasteiger partial charge in [0.05, 0.1) is 5.02 Å². The molecule has 1 aliphatic rings. The van der Waals surface area contributed by atoms with Crippen LogP contribution in [0.5, 0.6) is 0 Å². The molecule has 6 heteroatoms. The van der Waals surface area contributed by atoms with Crippen LogP contribution in [0.25, 0.3) is 0 Å². The van der Waals surface area contributed by atoms with E-state index < -0.39 is 5.82 Å². The lowest BCUT2D eigenvalue weighted by atomic mass is 10.2. The van der Waals surface area contributed by atoms with Gasteiger partial charge in [0.1, 0.15) is 5.82 Å². The first-order chi connectivity index (χ1) is 9.08. The van der Waals surface area contributed by atoms with Gasteiger partial charge in [0, 0.05) is 31.6 Å². The SMILES string of the molecule is O=C(NCCN1CCCC1=O)c1ccc(F)c(Cl)c1. The van der Waals surface area contributed by atoms with Crippen LogP contribution in [0.3, 0.4) is 0 Å². The third kappa shape index (κ3) is 3.44. The Morgan fingerprint density at radius 1 is 1.47 bits per heavy atom. The van der Waals surface area contributed by atoms with Crippen molar-refractivity contribution in [1.82, 2.24) is 10.2 Å². The Labute approximate surface area is 115 Å². The minimum Gasteiger partial charge on any atom is -0.350 e. The summed E-state index contributed by atoms with van der Waals surface area (Å²) in [6.07, 6.45) is 1.46. The van der Waals surface area contributed by atoms with Crippen molar-refractivity contribution in [2.24, 2.45) is 0 Å². The lowest BCUT2D eigenvalue weighted by Gasteiger charge is -2.15. The maximum Gasteiger partial charge on any atom is 0.251 e. The molecule has 1 heterocycles. The zero-order valence-corrected chi connectivity index (χ0v) is 11.0. The van der Waals surface area contributed by atoms with Crippen LogP contribution in [0, 0.1) is 5.82 Å². The summed E-state index contributed by atoms with van der Waals surface area (Å²) in [7, 11) is 0. The molecule has 0 aliphatic carbocycles. The van der Waals surface area contributed by atoms with Gasteiger partial charge in [-0.3, -0.25) is 9.59 Å². The molecule has 1 N–H and O–H groups in total. The molecule has 19 heavy (non-hydrogen) atoms. The molecule has 2 rings (SSSR count). The van der Waals surface area contributed by atoms with Crippen LogP contribution in [0.1, 0.15) is 23.2 Å².